The molecule has 0 amide bonds. The van der Waals surface area contributed by atoms with E-state index in [-0.39, 0.29) is 0 Å². The van der Waals surface area contributed by atoms with Crippen LogP contribution in [-0.2, 0) is 0 Å². The standard InChI is InChI=1S/C26H10I4O4S4/c27-35-31-19-9-20(32-36-28)16-7-3-13-14-4-8-18-22(34-38-30)10-21(33-37-29)17-6-2-12(24(14)26(17)18)11-1-5-15(19)25(16)23(11)13/h1-10H. The van der Waals surface area contributed by atoms with E-state index < -0.39 is 0 Å². The van der Waals surface area contributed by atoms with Crippen LogP contribution >= 0.6 is 122 Å². The van der Waals surface area contributed by atoms with E-state index in [4.69, 9.17) is 16.7 Å². The molecule has 7 aromatic rings. The summed E-state index contributed by atoms with van der Waals surface area (Å²) in [6.07, 6.45) is 0. The highest BCUT2D eigenvalue weighted by molar-refractivity contribution is 14.2. The lowest BCUT2D eigenvalue weighted by molar-refractivity contribution is 0.638. The average molecular weight is 1020 g/mol. The maximum absolute atomic E-state index is 6.00. The fraction of sp³-hybridized carbons (Fsp3) is 0. The van der Waals surface area contributed by atoms with Crippen LogP contribution in [0.2, 0.25) is 0 Å². The zero-order valence-corrected chi connectivity index (χ0v) is 30.4. The largest absolute Gasteiger partial charge is 0.414 e. The molecule has 0 N–H and O–H groups in total. The van der Waals surface area contributed by atoms with E-state index in [0.29, 0.717) is 0 Å². The van der Waals surface area contributed by atoms with E-state index >= 15 is 0 Å². The number of hydrogen-bond donors (Lipinski definition) is 0. The molecular weight excluding hydrogens is 1010 g/mol. The van der Waals surface area contributed by atoms with Gasteiger partial charge >= 0.3 is 0 Å². The first-order valence-corrected chi connectivity index (χ1v) is 24.0. The molecule has 0 aliphatic rings. The molecule has 7 rings (SSSR count). The molecule has 0 bridgehead atoms. The van der Waals surface area contributed by atoms with Crippen molar-refractivity contribution in [3.8, 4) is 23.0 Å². The maximum Gasteiger partial charge on any atom is 0.150 e. The van der Waals surface area contributed by atoms with Gasteiger partial charge in [-0.15, -0.1) is 0 Å². The van der Waals surface area contributed by atoms with Crippen molar-refractivity contribution in [1.29, 1.82) is 0 Å². The molecule has 0 aliphatic carbocycles. The van der Waals surface area contributed by atoms with Crippen molar-refractivity contribution in [3.05, 3.63) is 60.7 Å². The van der Waals surface area contributed by atoms with Crippen LogP contribution < -0.4 is 16.7 Å². The monoisotopic (exact) mass is 1020 g/mol. The van der Waals surface area contributed by atoms with E-state index in [1.807, 2.05) is 12.1 Å². The molecule has 38 heavy (non-hydrogen) atoms. The first-order valence-electron chi connectivity index (χ1n) is 10.9. The van der Waals surface area contributed by atoms with Gasteiger partial charge in [-0.25, -0.2) is 0 Å². The van der Waals surface area contributed by atoms with Gasteiger partial charge in [0.05, 0.1) is 0 Å². The maximum atomic E-state index is 6.00. The summed E-state index contributed by atoms with van der Waals surface area (Å²) in [7, 11) is 5.23. The van der Waals surface area contributed by atoms with Gasteiger partial charge in [0.1, 0.15) is 59.9 Å². The van der Waals surface area contributed by atoms with Gasteiger partial charge in [-0.3, -0.25) is 0 Å². The number of fused-ring (bicyclic) bond motifs is 2. The topological polar surface area (TPSA) is 36.9 Å². The van der Waals surface area contributed by atoms with Gasteiger partial charge in [-0.2, -0.15) is 0 Å². The molecule has 0 atom stereocenters. The second-order valence-corrected chi connectivity index (χ2v) is 14.0. The van der Waals surface area contributed by atoms with E-state index in [9.17, 15) is 0 Å². The van der Waals surface area contributed by atoms with Crippen LogP contribution in [0.4, 0.5) is 0 Å². The molecule has 0 radical (unpaired) electrons. The molecule has 12 heteroatoms. The van der Waals surface area contributed by atoms with Crippen LogP contribution in [0.3, 0.4) is 0 Å². The number of benzene rings is 7. The molecule has 0 saturated carbocycles. The molecular formula is C26H10I4O4S4. The normalized spacial score (nSPS) is 12.1. The van der Waals surface area contributed by atoms with Gasteiger partial charge in [0, 0.05) is 129 Å². The Morgan fingerprint density at radius 2 is 0.553 bits per heavy atom. The van der Waals surface area contributed by atoms with Gasteiger partial charge < -0.3 is 16.7 Å². The highest BCUT2D eigenvalue weighted by atomic mass is 127. The van der Waals surface area contributed by atoms with Crippen molar-refractivity contribution >= 4 is 186 Å². The first kappa shape index (κ1) is 27.0. The van der Waals surface area contributed by atoms with Gasteiger partial charge in [0.2, 0.25) is 0 Å². The van der Waals surface area contributed by atoms with Gasteiger partial charge in [-0.1, -0.05) is 24.3 Å². The Bertz CT molecular complexity index is 1730. The molecule has 4 nitrogen and oxygen atoms in total. The van der Waals surface area contributed by atoms with Crippen molar-refractivity contribution < 1.29 is 16.7 Å². The third-order valence-corrected chi connectivity index (χ3v) is 10.1. The van der Waals surface area contributed by atoms with Crippen LogP contribution in [0.15, 0.2) is 60.7 Å². The van der Waals surface area contributed by atoms with E-state index in [1.54, 1.807) is 0 Å². The predicted octanol–water partition coefficient (Wildman–Crippen LogP) is 13.0. The summed E-state index contributed by atoms with van der Waals surface area (Å²) < 4.78 is 24.0. The average Bonchev–Trinajstić information content (AvgIpc) is 2.93. The highest BCUT2D eigenvalue weighted by Gasteiger charge is 2.23. The molecule has 0 saturated heterocycles. The van der Waals surface area contributed by atoms with Gasteiger partial charge in [-0.05, 0) is 56.6 Å². The molecule has 0 unspecified atom stereocenters. The fourth-order valence-corrected chi connectivity index (χ4v) is 8.82. The summed E-state index contributed by atoms with van der Waals surface area (Å²) >= 11 is 8.63. The van der Waals surface area contributed by atoms with E-state index in [2.05, 4.69) is 133 Å². The highest BCUT2D eigenvalue weighted by Crippen LogP contribution is 2.52. The van der Waals surface area contributed by atoms with E-state index in [1.165, 1.54) is 69.2 Å². The van der Waals surface area contributed by atoms with Gasteiger partial charge in [0.25, 0.3) is 0 Å². The third-order valence-electron chi connectivity index (χ3n) is 6.97. The summed E-state index contributed by atoms with van der Waals surface area (Å²) in [5.41, 5.74) is 0. The summed E-state index contributed by atoms with van der Waals surface area (Å²) in [4.78, 5) is 0. The van der Waals surface area contributed by atoms with Crippen LogP contribution in [-0.4, -0.2) is 0 Å². The Hall–Kier alpha value is 0.140. The lowest BCUT2D eigenvalue weighted by atomic mass is 9.85. The van der Waals surface area contributed by atoms with Crippen molar-refractivity contribution in [2.45, 2.75) is 0 Å². The molecule has 0 aliphatic heterocycles. The predicted molar refractivity (Wildman–Crippen MR) is 203 cm³/mol. The molecule has 0 spiro atoms. The zero-order chi connectivity index (χ0) is 26.0. The van der Waals surface area contributed by atoms with Crippen molar-refractivity contribution in [2.24, 2.45) is 0 Å². The minimum Gasteiger partial charge on any atom is -0.414 e. The summed E-state index contributed by atoms with van der Waals surface area (Å²) in [5, 5.41) is 13.9. The Balaban J connectivity index is 1.70. The number of hydrogen-bond acceptors (Lipinski definition) is 8. The van der Waals surface area contributed by atoms with Crippen molar-refractivity contribution in [3.63, 3.8) is 0 Å². The quantitative estimate of drug-likeness (QED) is 0.0645. The second kappa shape index (κ2) is 11.1. The van der Waals surface area contributed by atoms with Crippen molar-refractivity contribution in [2.75, 3.05) is 0 Å². The Morgan fingerprint density at radius 3 is 0.789 bits per heavy atom. The molecule has 0 fully saturated rings. The van der Waals surface area contributed by atoms with Crippen molar-refractivity contribution in [1.82, 2.24) is 0 Å². The Labute approximate surface area is 282 Å². The summed E-state index contributed by atoms with van der Waals surface area (Å²) in [6, 6.07) is 21.6. The minimum absolute atomic E-state index is 0.799. The lowest BCUT2D eigenvalue weighted by Crippen LogP contribution is -1.94. The minimum atomic E-state index is 0.799. The molecule has 7 aromatic carbocycles. The Morgan fingerprint density at radius 1 is 0.342 bits per heavy atom. The molecule has 0 aromatic heterocycles. The molecule has 0 heterocycles. The zero-order valence-electron chi connectivity index (χ0n) is 18.6. The fourth-order valence-electron chi connectivity index (χ4n) is 5.67. The van der Waals surface area contributed by atoms with Crippen LogP contribution in [0.5, 0.6) is 23.0 Å². The number of rotatable bonds is 8. The van der Waals surface area contributed by atoms with Crippen LogP contribution in [0.1, 0.15) is 0 Å². The smallest absolute Gasteiger partial charge is 0.150 e. The van der Waals surface area contributed by atoms with Gasteiger partial charge in [0.15, 0.2) is 0 Å². The number of halogens is 4. The third kappa shape index (κ3) is 4.11. The van der Waals surface area contributed by atoms with Crippen LogP contribution in [0.25, 0.3) is 64.6 Å². The summed E-state index contributed by atoms with van der Waals surface area (Å²) in [5.74, 6) is 3.20. The SMILES string of the molecule is ISOc1cc(OSI)c2ccc3c4ccc5c(OSI)cc(OSI)c6ccc(c7ccc1c2c73)c4c65. The molecule has 190 valence electrons. The summed E-state index contributed by atoms with van der Waals surface area (Å²) in [6.45, 7) is 0. The second-order valence-electron chi connectivity index (χ2n) is 8.47. The first-order chi connectivity index (χ1) is 18.7. The lowest BCUT2D eigenvalue weighted by Gasteiger charge is -2.21. The van der Waals surface area contributed by atoms with E-state index in [0.717, 1.165) is 55.3 Å². The Kier molecular flexibility index (Phi) is 7.88. The van der Waals surface area contributed by atoms with Crippen LogP contribution in [0, 0.1) is 0 Å².